The summed E-state index contributed by atoms with van der Waals surface area (Å²) in [5, 5.41) is 0. The third-order valence-corrected chi connectivity index (χ3v) is 4.35. The zero-order valence-electron chi connectivity index (χ0n) is 11.1. The molecule has 2 heterocycles. The second-order valence-corrected chi connectivity index (χ2v) is 5.63. The maximum Gasteiger partial charge on any atom is 0.240 e. The van der Waals surface area contributed by atoms with E-state index in [2.05, 4.69) is 11.9 Å². The predicted octanol–water partition coefficient (Wildman–Crippen LogP) is 1.66. The van der Waals surface area contributed by atoms with E-state index in [1.807, 2.05) is 30.3 Å². The molecule has 0 saturated carbocycles. The number of piperidine rings is 1. The summed E-state index contributed by atoms with van der Waals surface area (Å²) < 4.78 is 0. The molecule has 100 valence electrons. The highest BCUT2D eigenvalue weighted by atomic mass is 16.2. The second-order valence-electron chi connectivity index (χ2n) is 5.63. The Kier molecular flexibility index (Phi) is 2.90. The molecule has 0 bridgehead atoms. The zero-order valence-corrected chi connectivity index (χ0v) is 11.1. The van der Waals surface area contributed by atoms with Gasteiger partial charge >= 0.3 is 0 Å². The molecule has 4 nitrogen and oxygen atoms in total. The van der Waals surface area contributed by atoms with Crippen LogP contribution in [0.5, 0.6) is 0 Å². The van der Waals surface area contributed by atoms with E-state index in [4.69, 9.17) is 0 Å². The number of rotatable bonds is 1. The molecule has 0 atom stereocenters. The Hall–Kier alpha value is -1.68. The van der Waals surface area contributed by atoms with Crippen LogP contribution in [0.4, 0.5) is 5.69 Å². The highest BCUT2D eigenvalue weighted by Gasteiger charge is 2.52. The van der Waals surface area contributed by atoms with Crippen LogP contribution in [0.1, 0.15) is 19.3 Å². The number of nitrogens with zero attached hydrogens (tertiary/aromatic N) is 2. The first-order chi connectivity index (χ1) is 9.12. The van der Waals surface area contributed by atoms with Crippen molar-refractivity contribution in [3.63, 3.8) is 0 Å². The molecule has 2 fully saturated rings. The summed E-state index contributed by atoms with van der Waals surface area (Å²) in [6.07, 6.45) is 1.95. The Bertz CT molecular complexity index is 504. The summed E-state index contributed by atoms with van der Waals surface area (Å²) in [6, 6.07) is 9.25. The Morgan fingerprint density at radius 3 is 2.32 bits per heavy atom. The van der Waals surface area contributed by atoms with Crippen LogP contribution >= 0.6 is 0 Å². The van der Waals surface area contributed by atoms with Crippen molar-refractivity contribution in [2.24, 2.45) is 5.41 Å². The largest absolute Gasteiger partial charge is 0.306 e. The van der Waals surface area contributed by atoms with Gasteiger partial charge in [-0.1, -0.05) is 18.2 Å². The number of likely N-dealkylation sites (tertiary alicyclic amines) is 1. The van der Waals surface area contributed by atoms with Gasteiger partial charge in [0.25, 0.3) is 0 Å². The Morgan fingerprint density at radius 2 is 1.68 bits per heavy atom. The van der Waals surface area contributed by atoms with E-state index in [1.165, 1.54) is 4.90 Å². The SMILES string of the molecule is CN1CCC2(CC1)CC(=O)N(c1ccccc1)C2=O. The molecule has 2 saturated heterocycles. The molecule has 4 heteroatoms. The lowest BCUT2D eigenvalue weighted by molar-refractivity contribution is -0.127. The van der Waals surface area contributed by atoms with Crippen LogP contribution in [-0.4, -0.2) is 36.9 Å². The third-order valence-electron chi connectivity index (χ3n) is 4.35. The second kappa shape index (κ2) is 4.46. The molecule has 19 heavy (non-hydrogen) atoms. The van der Waals surface area contributed by atoms with Gasteiger partial charge in [0.2, 0.25) is 11.8 Å². The molecule has 1 spiro atoms. The van der Waals surface area contributed by atoms with Crippen molar-refractivity contribution in [3.05, 3.63) is 30.3 Å². The van der Waals surface area contributed by atoms with E-state index >= 15 is 0 Å². The van der Waals surface area contributed by atoms with Crippen molar-refractivity contribution >= 4 is 17.5 Å². The van der Waals surface area contributed by atoms with Gasteiger partial charge in [-0.3, -0.25) is 14.5 Å². The van der Waals surface area contributed by atoms with Crippen molar-refractivity contribution in [2.75, 3.05) is 25.0 Å². The van der Waals surface area contributed by atoms with Crippen LogP contribution < -0.4 is 4.90 Å². The molecular formula is C15H18N2O2. The van der Waals surface area contributed by atoms with E-state index in [-0.39, 0.29) is 11.8 Å². The van der Waals surface area contributed by atoms with Crippen LogP contribution in [0.25, 0.3) is 0 Å². The number of amides is 2. The molecule has 2 aliphatic heterocycles. The minimum atomic E-state index is -0.445. The fourth-order valence-electron chi connectivity index (χ4n) is 3.07. The number of carbonyl (C=O) groups is 2. The third kappa shape index (κ3) is 1.96. The van der Waals surface area contributed by atoms with Crippen molar-refractivity contribution < 1.29 is 9.59 Å². The zero-order chi connectivity index (χ0) is 13.5. The molecule has 0 N–H and O–H groups in total. The van der Waals surface area contributed by atoms with Gasteiger partial charge in [0.05, 0.1) is 11.1 Å². The Morgan fingerprint density at radius 1 is 1.05 bits per heavy atom. The fraction of sp³-hybridized carbons (Fsp3) is 0.467. The molecule has 3 rings (SSSR count). The number of hydrogen-bond donors (Lipinski definition) is 0. The van der Waals surface area contributed by atoms with E-state index in [0.717, 1.165) is 25.9 Å². The molecule has 0 aromatic heterocycles. The first-order valence-corrected chi connectivity index (χ1v) is 6.73. The number of imide groups is 1. The van der Waals surface area contributed by atoms with Gasteiger partial charge in [0, 0.05) is 6.42 Å². The van der Waals surface area contributed by atoms with E-state index < -0.39 is 5.41 Å². The van der Waals surface area contributed by atoms with E-state index in [9.17, 15) is 9.59 Å². The Labute approximate surface area is 113 Å². The first-order valence-electron chi connectivity index (χ1n) is 6.73. The first kappa shape index (κ1) is 12.4. The lowest BCUT2D eigenvalue weighted by Crippen LogP contribution is -2.43. The van der Waals surface area contributed by atoms with Crippen molar-refractivity contribution in [1.29, 1.82) is 0 Å². The molecule has 1 aromatic carbocycles. The Balaban J connectivity index is 1.90. The van der Waals surface area contributed by atoms with E-state index in [1.54, 1.807) is 0 Å². The minimum absolute atomic E-state index is 0.00296. The number of para-hydroxylation sites is 1. The van der Waals surface area contributed by atoms with E-state index in [0.29, 0.717) is 12.1 Å². The molecule has 0 radical (unpaired) electrons. The molecule has 2 aliphatic rings. The van der Waals surface area contributed by atoms with Gasteiger partial charge in [-0.15, -0.1) is 0 Å². The summed E-state index contributed by atoms with van der Waals surface area (Å²) in [4.78, 5) is 28.5. The summed E-state index contributed by atoms with van der Waals surface area (Å²) in [5.41, 5.74) is 0.257. The summed E-state index contributed by atoms with van der Waals surface area (Å²) in [7, 11) is 2.06. The lowest BCUT2D eigenvalue weighted by atomic mass is 9.77. The summed E-state index contributed by atoms with van der Waals surface area (Å²) >= 11 is 0. The quantitative estimate of drug-likeness (QED) is 0.719. The fourth-order valence-corrected chi connectivity index (χ4v) is 3.07. The van der Waals surface area contributed by atoms with Gasteiger partial charge in [0.15, 0.2) is 0 Å². The topological polar surface area (TPSA) is 40.6 Å². The molecule has 1 aromatic rings. The average molecular weight is 258 g/mol. The molecular weight excluding hydrogens is 240 g/mol. The van der Waals surface area contributed by atoms with Gasteiger partial charge in [0.1, 0.15) is 0 Å². The standard InChI is InChI=1S/C15H18N2O2/c1-16-9-7-15(8-10-16)11-13(18)17(14(15)19)12-5-3-2-4-6-12/h2-6H,7-11H2,1H3. The van der Waals surface area contributed by atoms with Crippen molar-refractivity contribution in [1.82, 2.24) is 4.90 Å². The van der Waals surface area contributed by atoms with Crippen LogP contribution in [0.3, 0.4) is 0 Å². The normalized spacial score (nSPS) is 23.3. The van der Waals surface area contributed by atoms with Gasteiger partial charge in [-0.2, -0.15) is 0 Å². The van der Waals surface area contributed by atoms with Crippen molar-refractivity contribution in [2.45, 2.75) is 19.3 Å². The van der Waals surface area contributed by atoms with Crippen LogP contribution in [0.2, 0.25) is 0 Å². The molecule has 0 aliphatic carbocycles. The summed E-state index contributed by atoms with van der Waals surface area (Å²) in [6.45, 7) is 1.78. The number of benzene rings is 1. The number of anilines is 1. The van der Waals surface area contributed by atoms with Crippen LogP contribution in [0, 0.1) is 5.41 Å². The smallest absolute Gasteiger partial charge is 0.240 e. The monoisotopic (exact) mass is 258 g/mol. The number of carbonyl (C=O) groups excluding carboxylic acids is 2. The number of hydrogen-bond acceptors (Lipinski definition) is 3. The summed E-state index contributed by atoms with van der Waals surface area (Å²) in [5.74, 6) is -0.0578. The van der Waals surface area contributed by atoms with Crippen LogP contribution in [-0.2, 0) is 9.59 Å². The highest BCUT2D eigenvalue weighted by molar-refractivity contribution is 6.22. The van der Waals surface area contributed by atoms with Crippen LogP contribution in [0.15, 0.2) is 30.3 Å². The van der Waals surface area contributed by atoms with Crippen molar-refractivity contribution in [3.8, 4) is 0 Å². The molecule has 0 unspecified atom stereocenters. The maximum atomic E-state index is 12.7. The van der Waals surface area contributed by atoms with Gasteiger partial charge < -0.3 is 4.90 Å². The highest BCUT2D eigenvalue weighted by Crippen LogP contribution is 2.43. The van der Waals surface area contributed by atoms with Gasteiger partial charge in [-0.25, -0.2) is 0 Å². The predicted molar refractivity (Wildman–Crippen MR) is 72.7 cm³/mol. The average Bonchev–Trinajstić information content (AvgIpc) is 2.66. The maximum absolute atomic E-state index is 12.7. The van der Waals surface area contributed by atoms with Gasteiger partial charge in [-0.05, 0) is 45.1 Å². The molecule has 2 amide bonds. The minimum Gasteiger partial charge on any atom is -0.306 e. The lowest BCUT2D eigenvalue weighted by Gasteiger charge is -2.35.